The average Bonchev–Trinajstić information content (AvgIpc) is 3.00. The first-order valence-electron chi connectivity index (χ1n) is 13.9. The van der Waals surface area contributed by atoms with E-state index in [-0.39, 0.29) is 31.9 Å². The molecule has 1 amide bonds. The van der Waals surface area contributed by atoms with Gasteiger partial charge in [0.2, 0.25) is 0 Å². The van der Waals surface area contributed by atoms with Crippen molar-refractivity contribution in [3.05, 3.63) is 131 Å². The minimum Gasteiger partial charge on any atom is -0.548 e. The fourth-order valence-electron chi connectivity index (χ4n) is 4.69. The Morgan fingerprint density at radius 3 is 2.02 bits per heavy atom. The predicted molar refractivity (Wildman–Crippen MR) is 168 cm³/mol. The van der Waals surface area contributed by atoms with E-state index in [9.17, 15) is 14.7 Å². The van der Waals surface area contributed by atoms with Crippen LogP contribution in [0.2, 0.25) is 0 Å². The number of aliphatic carboxylic acids is 1. The average molecular weight is 587 g/mol. The normalized spacial score (nSPS) is 11.1. The minimum atomic E-state index is -1.29. The van der Waals surface area contributed by atoms with Gasteiger partial charge in [-0.1, -0.05) is 96.2 Å². The molecule has 0 aliphatic carbocycles. The molecule has 1 N–H and O–H groups in total. The van der Waals surface area contributed by atoms with Crippen molar-refractivity contribution < 1.29 is 38.4 Å². The number of carbonyl (C=O) groups is 2. The van der Waals surface area contributed by atoms with Gasteiger partial charge in [0.1, 0.15) is 6.61 Å². The third kappa shape index (κ3) is 10.2. The molecule has 0 aromatic heterocycles. The van der Waals surface area contributed by atoms with Crippen molar-refractivity contribution >= 4 is 29.4 Å². The summed E-state index contributed by atoms with van der Waals surface area (Å²) in [7, 11) is 0. The number of amides is 1. The summed E-state index contributed by atoms with van der Waals surface area (Å²) in [6, 6.07) is 32.5. The van der Waals surface area contributed by atoms with E-state index in [0.717, 1.165) is 33.5 Å². The molecule has 0 heterocycles. The maximum atomic E-state index is 13.3. The molecule has 4 aromatic rings. The number of thioether (sulfide) groups is 1. The van der Waals surface area contributed by atoms with Crippen LogP contribution < -0.4 is 29.3 Å². The topological polar surface area (TPSA) is 90.8 Å². The molecule has 4 rings (SSSR count). The van der Waals surface area contributed by atoms with Crippen LogP contribution in [0.25, 0.3) is 11.1 Å². The molecule has 0 saturated heterocycles. The van der Waals surface area contributed by atoms with Crippen LogP contribution in [0.5, 0.6) is 0 Å². The fourth-order valence-corrected chi connectivity index (χ4v) is 5.16. The molecule has 0 unspecified atom stereocenters. The van der Waals surface area contributed by atoms with E-state index in [1.54, 1.807) is 6.07 Å². The summed E-state index contributed by atoms with van der Waals surface area (Å²) in [6.07, 6.45) is 3.51. The molecule has 0 aliphatic rings. The molecular weight excluding hydrogens is 551 g/mol. The van der Waals surface area contributed by atoms with Crippen LogP contribution in [-0.4, -0.2) is 35.6 Å². The van der Waals surface area contributed by atoms with Gasteiger partial charge in [-0.2, -0.15) is 11.8 Å². The van der Waals surface area contributed by atoms with E-state index >= 15 is 0 Å². The fraction of sp³-hybridized carbons (Fsp3) is 0.229. The van der Waals surface area contributed by atoms with Gasteiger partial charge in [-0.3, -0.25) is 4.79 Å². The van der Waals surface area contributed by atoms with Gasteiger partial charge in [0.05, 0.1) is 17.7 Å². The molecule has 0 saturated carbocycles. The van der Waals surface area contributed by atoms with Gasteiger partial charge in [0.15, 0.2) is 0 Å². The Morgan fingerprint density at radius 1 is 0.837 bits per heavy atom. The number of carboxylic acids is 1. The SMILES string of the molecule is CSCC[C@H](NC(=O)c1ccc(CON=C(Cc2ccccc2)Cc2ccccc2)cc1-c1ccccc1C)C(=O)[O-].[Li+]. The largest absolute Gasteiger partial charge is 1.00 e. The Kier molecular flexibility index (Phi) is 13.6. The van der Waals surface area contributed by atoms with Gasteiger partial charge < -0.3 is 20.1 Å². The van der Waals surface area contributed by atoms with Crippen LogP contribution in [0.4, 0.5) is 0 Å². The molecule has 4 aromatic carbocycles. The van der Waals surface area contributed by atoms with Crippen molar-refractivity contribution in [2.24, 2.45) is 5.16 Å². The van der Waals surface area contributed by atoms with Crippen molar-refractivity contribution in [2.75, 3.05) is 12.0 Å². The third-order valence-corrected chi connectivity index (χ3v) is 7.54. The first kappa shape index (κ1) is 33.7. The summed E-state index contributed by atoms with van der Waals surface area (Å²) in [6.45, 7) is 2.19. The Labute approximate surface area is 270 Å². The zero-order valence-electron chi connectivity index (χ0n) is 24.9. The molecule has 0 fully saturated rings. The number of benzene rings is 4. The summed E-state index contributed by atoms with van der Waals surface area (Å²) in [5.41, 5.74) is 7.02. The number of carboxylic acid groups (broad SMARTS) is 1. The van der Waals surface area contributed by atoms with Crippen molar-refractivity contribution in [1.29, 1.82) is 0 Å². The van der Waals surface area contributed by atoms with Crippen molar-refractivity contribution in [3.8, 4) is 11.1 Å². The Morgan fingerprint density at radius 2 is 1.44 bits per heavy atom. The van der Waals surface area contributed by atoms with Gasteiger partial charge in [0, 0.05) is 18.4 Å². The van der Waals surface area contributed by atoms with Gasteiger partial charge in [-0.05, 0) is 70.9 Å². The minimum absolute atomic E-state index is 0. The maximum absolute atomic E-state index is 13.3. The second-order valence-electron chi connectivity index (χ2n) is 10.1. The number of nitrogens with zero attached hydrogens (tertiary/aromatic N) is 1. The number of hydrogen-bond donors (Lipinski definition) is 1. The zero-order chi connectivity index (χ0) is 29.7. The molecule has 0 spiro atoms. The smallest absolute Gasteiger partial charge is 0.548 e. The molecule has 43 heavy (non-hydrogen) atoms. The summed E-state index contributed by atoms with van der Waals surface area (Å²) >= 11 is 1.52. The quantitative estimate of drug-likeness (QED) is 0.139. The van der Waals surface area contributed by atoms with Crippen molar-refractivity contribution in [2.45, 2.75) is 38.8 Å². The second-order valence-corrected chi connectivity index (χ2v) is 11.1. The van der Waals surface area contributed by atoms with Gasteiger partial charge >= 0.3 is 18.9 Å². The molecule has 8 heteroatoms. The van der Waals surface area contributed by atoms with Crippen LogP contribution in [0.1, 0.15) is 39.0 Å². The van der Waals surface area contributed by atoms with E-state index < -0.39 is 17.9 Å². The Bertz CT molecular complexity index is 1470. The third-order valence-electron chi connectivity index (χ3n) is 6.89. The monoisotopic (exact) mass is 586 g/mol. The van der Waals surface area contributed by atoms with Crippen LogP contribution in [0.15, 0.2) is 108 Å². The van der Waals surface area contributed by atoms with E-state index in [4.69, 9.17) is 4.84 Å². The summed E-state index contributed by atoms with van der Waals surface area (Å²) < 4.78 is 0. The van der Waals surface area contributed by atoms with Crippen LogP contribution in [0, 0.1) is 6.92 Å². The van der Waals surface area contributed by atoms with Crippen molar-refractivity contribution in [3.63, 3.8) is 0 Å². The number of oxime groups is 1. The van der Waals surface area contributed by atoms with Gasteiger partial charge in [-0.25, -0.2) is 0 Å². The first-order chi connectivity index (χ1) is 20.4. The first-order valence-corrected chi connectivity index (χ1v) is 15.3. The number of rotatable bonds is 14. The van der Waals surface area contributed by atoms with Crippen LogP contribution in [-0.2, 0) is 29.1 Å². The standard InChI is InChI=1S/C35H36N2O4S.Li/c1-25-11-9-10-16-30(25)32-23-28(17-18-31(32)34(38)36-33(35(39)40)19-20-42-2)24-41-37-29(21-26-12-5-3-6-13-26)22-27-14-7-4-8-15-27;/h3-18,23,33H,19-22,24H2,1-2H3,(H,36,38)(H,39,40);/q;+1/p-1/t33-;/m0./s1. The van der Waals surface area contributed by atoms with E-state index in [0.29, 0.717) is 29.7 Å². The molecular formula is C35H35LiN2O4S. The van der Waals surface area contributed by atoms with Crippen LogP contribution in [0.3, 0.4) is 0 Å². The van der Waals surface area contributed by atoms with Gasteiger partial charge in [-0.15, -0.1) is 0 Å². The molecule has 0 aliphatic heterocycles. The summed E-state index contributed by atoms with van der Waals surface area (Å²) in [5.74, 6) is -1.15. The maximum Gasteiger partial charge on any atom is 1.00 e. The number of carbonyl (C=O) groups excluding carboxylic acids is 2. The number of hydrogen-bond acceptors (Lipinski definition) is 6. The number of aryl methyl sites for hydroxylation is 1. The predicted octanol–water partition coefficient (Wildman–Crippen LogP) is 2.63. The van der Waals surface area contributed by atoms with Gasteiger partial charge in [0.25, 0.3) is 5.91 Å². The molecule has 0 radical (unpaired) electrons. The second kappa shape index (κ2) is 17.4. The zero-order valence-corrected chi connectivity index (χ0v) is 25.7. The van der Waals surface area contributed by atoms with Crippen molar-refractivity contribution in [1.82, 2.24) is 5.32 Å². The van der Waals surface area contributed by atoms with E-state index in [1.807, 2.05) is 86.0 Å². The Balaban J connectivity index is 0.00000506. The molecule has 216 valence electrons. The molecule has 6 nitrogen and oxygen atoms in total. The van der Waals surface area contributed by atoms with Crippen LogP contribution >= 0.6 is 11.8 Å². The molecule has 1 atom stereocenters. The number of nitrogens with one attached hydrogen (secondary N) is 1. The summed E-state index contributed by atoms with van der Waals surface area (Å²) in [4.78, 5) is 30.9. The van der Waals surface area contributed by atoms with E-state index in [2.05, 4.69) is 34.7 Å². The summed E-state index contributed by atoms with van der Waals surface area (Å²) in [5, 5.41) is 18.9. The Hall–Kier alpha value is -3.76. The van der Waals surface area contributed by atoms with E-state index in [1.165, 1.54) is 11.8 Å². The molecule has 0 bridgehead atoms.